The van der Waals surface area contributed by atoms with Gasteiger partial charge in [-0.25, -0.2) is 0 Å². The summed E-state index contributed by atoms with van der Waals surface area (Å²) in [5.74, 6) is 2.85. The van der Waals surface area contributed by atoms with Crippen LogP contribution in [0.1, 0.15) is 24.0 Å². The van der Waals surface area contributed by atoms with Gasteiger partial charge in [0.1, 0.15) is 17.3 Å². The number of anilines is 1. The van der Waals surface area contributed by atoms with Gasteiger partial charge < -0.3 is 19.4 Å². The van der Waals surface area contributed by atoms with Crippen molar-refractivity contribution in [1.82, 2.24) is 5.32 Å². The number of hydrogen-bond acceptors (Lipinski definition) is 4. The van der Waals surface area contributed by atoms with E-state index in [0.29, 0.717) is 6.54 Å². The minimum Gasteiger partial charge on any atom is -0.495 e. The highest BCUT2D eigenvalue weighted by Crippen LogP contribution is 2.28. The summed E-state index contributed by atoms with van der Waals surface area (Å²) in [5, 5.41) is 3.29. The highest BCUT2D eigenvalue weighted by atomic mass is 16.5. The molecule has 2 rings (SSSR count). The van der Waals surface area contributed by atoms with Crippen LogP contribution < -0.4 is 15.0 Å². The Morgan fingerprint density at radius 1 is 1.29 bits per heavy atom. The molecule has 4 heteroatoms. The molecule has 2 aromatic rings. The molecule has 0 unspecified atom stereocenters. The fraction of sp³-hybridized carbons (Fsp3) is 0.412. The number of furan rings is 1. The van der Waals surface area contributed by atoms with Crippen LogP contribution in [0.5, 0.6) is 5.75 Å². The van der Waals surface area contributed by atoms with Crippen molar-refractivity contribution in [1.29, 1.82) is 0 Å². The summed E-state index contributed by atoms with van der Waals surface area (Å²) in [6.07, 6.45) is 0. The van der Waals surface area contributed by atoms with Crippen molar-refractivity contribution >= 4 is 5.69 Å². The van der Waals surface area contributed by atoms with Crippen LogP contribution in [0.4, 0.5) is 5.69 Å². The van der Waals surface area contributed by atoms with E-state index in [4.69, 9.17) is 9.15 Å². The molecule has 0 saturated heterocycles. The van der Waals surface area contributed by atoms with Crippen molar-refractivity contribution < 1.29 is 9.15 Å². The van der Waals surface area contributed by atoms with E-state index in [1.54, 1.807) is 7.11 Å². The van der Waals surface area contributed by atoms with Gasteiger partial charge in [0.15, 0.2) is 0 Å². The lowest BCUT2D eigenvalue weighted by Crippen LogP contribution is -2.16. The second-order valence-corrected chi connectivity index (χ2v) is 5.13. The third-order valence-electron chi connectivity index (χ3n) is 3.50. The zero-order chi connectivity index (χ0) is 15.2. The number of para-hydroxylation sites is 2. The first-order chi connectivity index (χ1) is 10.2. The molecule has 1 heterocycles. The van der Waals surface area contributed by atoms with Crippen LogP contribution in [0.3, 0.4) is 0 Å². The third kappa shape index (κ3) is 3.79. The molecule has 0 amide bonds. The number of benzene rings is 1. The molecule has 4 nitrogen and oxygen atoms in total. The van der Waals surface area contributed by atoms with E-state index in [1.165, 1.54) is 5.56 Å². The zero-order valence-corrected chi connectivity index (χ0v) is 13.3. The monoisotopic (exact) mass is 288 g/mol. The van der Waals surface area contributed by atoms with Gasteiger partial charge in [0.2, 0.25) is 0 Å². The van der Waals surface area contributed by atoms with E-state index in [9.17, 15) is 0 Å². The lowest BCUT2D eigenvalue weighted by atomic mass is 10.2. The van der Waals surface area contributed by atoms with Gasteiger partial charge in [0.25, 0.3) is 0 Å². The summed E-state index contributed by atoms with van der Waals surface area (Å²) in [5.41, 5.74) is 2.25. The predicted molar refractivity (Wildman–Crippen MR) is 85.9 cm³/mol. The van der Waals surface area contributed by atoms with Crippen LogP contribution in [-0.2, 0) is 13.1 Å². The maximum Gasteiger partial charge on any atom is 0.142 e. The number of ether oxygens (including phenoxy) is 1. The second-order valence-electron chi connectivity index (χ2n) is 5.13. The van der Waals surface area contributed by atoms with E-state index in [2.05, 4.69) is 30.1 Å². The Balaban J connectivity index is 2.10. The summed E-state index contributed by atoms with van der Waals surface area (Å²) < 4.78 is 11.3. The van der Waals surface area contributed by atoms with Crippen molar-refractivity contribution in [2.24, 2.45) is 0 Å². The lowest BCUT2D eigenvalue weighted by molar-refractivity contribution is 0.413. The molecule has 1 aromatic heterocycles. The van der Waals surface area contributed by atoms with Crippen molar-refractivity contribution in [3.05, 3.63) is 47.4 Å². The molecule has 21 heavy (non-hydrogen) atoms. The van der Waals surface area contributed by atoms with Crippen LogP contribution >= 0.6 is 0 Å². The van der Waals surface area contributed by atoms with Gasteiger partial charge in [-0.2, -0.15) is 0 Å². The van der Waals surface area contributed by atoms with Crippen molar-refractivity contribution in [3.8, 4) is 5.75 Å². The molecule has 114 valence electrons. The maximum absolute atomic E-state index is 5.94. The number of nitrogens with one attached hydrogen (secondary N) is 1. The Labute approximate surface area is 126 Å². The van der Waals surface area contributed by atoms with Crippen molar-refractivity contribution in [2.45, 2.75) is 26.9 Å². The minimum atomic E-state index is 0.716. The average molecular weight is 288 g/mol. The van der Waals surface area contributed by atoms with Crippen molar-refractivity contribution in [2.75, 3.05) is 25.6 Å². The second kappa shape index (κ2) is 7.18. The Morgan fingerprint density at radius 3 is 2.76 bits per heavy atom. The first-order valence-electron chi connectivity index (χ1n) is 7.28. The topological polar surface area (TPSA) is 37.6 Å². The molecule has 0 bridgehead atoms. The molecule has 0 aliphatic carbocycles. The molecule has 0 fully saturated rings. The Bertz CT molecular complexity index is 578. The predicted octanol–water partition coefficient (Wildman–Crippen LogP) is 3.34. The molecule has 1 aromatic carbocycles. The number of methoxy groups -OCH3 is 1. The van der Waals surface area contributed by atoms with Crippen LogP contribution in [-0.4, -0.2) is 20.7 Å². The van der Waals surface area contributed by atoms with Crippen LogP contribution in [0.15, 0.2) is 34.7 Å². The van der Waals surface area contributed by atoms with E-state index < -0.39 is 0 Å². The van der Waals surface area contributed by atoms with Gasteiger partial charge in [-0.1, -0.05) is 19.1 Å². The molecule has 0 saturated carbocycles. The molecular formula is C17H24N2O2. The van der Waals surface area contributed by atoms with Gasteiger partial charge in [-0.3, -0.25) is 0 Å². The molecule has 0 aliphatic heterocycles. The molecule has 1 N–H and O–H groups in total. The van der Waals surface area contributed by atoms with Crippen molar-refractivity contribution in [3.63, 3.8) is 0 Å². The SMILES string of the molecule is CCNCc1oc(CN(C)c2ccccc2OC)cc1C. The molecule has 0 aliphatic rings. The highest BCUT2D eigenvalue weighted by Gasteiger charge is 2.12. The third-order valence-corrected chi connectivity index (χ3v) is 3.50. The zero-order valence-electron chi connectivity index (χ0n) is 13.3. The summed E-state index contributed by atoms with van der Waals surface area (Å²) in [6.45, 7) is 6.61. The number of hydrogen-bond donors (Lipinski definition) is 1. The Hall–Kier alpha value is -1.94. The normalized spacial score (nSPS) is 10.7. The van der Waals surface area contributed by atoms with Gasteiger partial charge in [-0.15, -0.1) is 0 Å². The fourth-order valence-electron chi connectivity index (χ4n) is 2.35. The summed E-state index contributed by atoms with van der Waals surface area (Å²) >= 11 is 0. The minimum absolute atomic E-state index is 0.716. The summed E-state index contributed by atoms with van der Waals surface area (Å²) in [6, 6.07) is 10.1. The number of aryl methyl sites for hydroxylation is 1. The van der Waals surface area contributed by atoms with E-state index in [1.807, 2.05) is 31.3 Å². The van der Waals surface area contributed by atoms with Gasteiger partial charge in [0.05, 0.1) is 25.9 Å². The molecule has 0 radical (unpaired) electrons. The molecule has 0 spiro atoms. The molecular weight excluding hydrogens is 264 g/mol. The summed E-state index contributed by atoms with van der Waals surface area (Å²) in [4.78, 5) is 2.13. The first kappa shape index (κ1) is 15.4. The average Bonchev–Trinajstić information content (AvgIpc) is 2.84. The Kier molecular flexibility index (Phi) is 5.28. The number of rotatable bonds is 7. The van der Waals surface area contributed by atoms with Crippen LogP contribution in [0.2, 0.25) is 0 Å². The van der Waals surface area contributed by atoms with Crippen LogP contribution in [0, 0.1) is 6.92 Å². The lowest BCUT2D eigenvalue weighted by Gasteiger charge is -2.20. The first-order valence-corrected chi connectivity index (χ1v) is 7.28. The quantitative estimate of drug-likeness (QED) is 0.848. The smallest absolute Gasteiger partial charge is 0.142 e. The molecule has 0 atom stereocenters. The van der Waals surface area contributed by atoms with E-state index in [-0.39, 0.29) is 0 Å². The van der Waals surface area contributed by atoms with Gasteiger partial charge in [-0.05, 0) is 37.2 Å². The summed E-state index contributed by atoms with van der Waals surface area (Å²) in [7, 11) is 3.73. The van der Waals surface area contributed by atoms with E-state index in [0.717, 1.165) is 36.0 Å². The fourth-order valence-corrected chi connectivity index (χ4v) is 2.35. The largest absolute Gasteiger partial charge is 0.495 e. The van der Waals surface area contributed by atoms with Crippen LogP contribution in [0.25, 0.3) is 0 Å². The highest BCUT2D eigenvalue weighted by molar-refractivity contribution is 5.57. The Morgan fingerprint density at radius 2 is 2.05 bits per heavy atom. The standard InChI is InChI=1S/C17H24N2O2/c1-5-18-11-17-13(2)10-14(21-17)12-19(3)15-8-6-7-9-16(15)20-4/h6-10,18H,5,11-12H2,1-4H3. The van der Waals surface area contributed by atoms with Gasteiger partial charge in [0, 0.05) is 7.05 Å². The van der Waals surface area contributed by atoms with E-state index >= 15 is 0 Å². The van der Waals surface area contributed by atoms with Gasteiger partial charge >= 0.3 is 0 Å². The maximum atomic E-state index is 5.94. The number of nitrogens with zero attached hydrogens (tertiary/aromatic N) is 1.